The van der Waals surface area contributed by atoms with Gasteiger partial charge in [-0.05, 0) is 62.2 Å². The predicted molar refractivity (Wildman–Crippen MR) is 138 cm³/mol. The van der Waals surface area contributed by atoms with E-state index < -0.39 is 0 Å². The van der Waals surface area contributed by atoms with E-state index >= 15 is 0 Å². The van der Waals surface area contributed by atoms with Crippen LogP contribution in [0.15, 0.2) is 66.7 Å². The van der Waals surface area contributed by atoms with E-state index in [1.165, 1.54) is 48.0 Å². The molecule has 0 saturated carbocycles. The third-order valence-electron chi connectivity index (χ3n) is 7.10. The number of benzene rings is 3. The van der Waals surface area contributed by atoms with Crippen LogP contribution in [0.4, 0.5) is 0 Å². The first-order valence-corrected chi connectivity index (χ1v) is 12.1. The Balaban J connectivity index is 1.72. The Morgan fingerprint density at radius 3 is 2.52 bits per heavy atom. The highest BCUT2D eigenvalue weighted by Gasteiger charge is 2.28. The fourth-order valence-corrected chi connectivity index (χ4v) is 6.43. The summed E-state index contributed by atoms with van der Waals surface area (Å²) < 4.78 is 9.62. The molecule has 7 rings (SSSR count). The van der Waals surface area contributed by atoms with Gasteiger partial charge in [-0.15, -0.1) is 11.3 Å². The zero-order valence-corrected chi connectivity index (χ0v) is 19.9. The quantitative estimate of drug-likeness (QED) is 0.262. The summed E-state index contributed by atoms with van der Waals surface area (Å²) in [4.78, 5) is 5.19. The zero-order chi connectivity index (χ0) is 22.4. The van der Waals surface area contributed by atoms with Gasteiger partial charge in [-0.3, -0.25) is 4.40 Å². The van der Waals surface area contributed by atoms with E-state index in [0.29, 0.717) is 0 Å². The first-order valence-electron chi connectivity index (χ1n) is 11.2. The molecule has 3 aromatic carbocycles. The van der Waals surface area contributed by atoms with Crippen molar-refractivity contribution in [3.63, 3.8) is 0 Å². The molecule has 0 aliphatic heterocycles. The number of imidazole rings is 2. The fraction of sp³-hybridized carbons (Fsp3) is 0.143. The van der Waals surface area contributed by atoms with E-state index in [2.05, 4.69) is 108 Å². The third-order valence-corrected chi connectivity index (χ3v) is 8.23. The van der Waals surface area contributed by atoms with Crippen molar-refractivity contribution in [3.05, 3.63) is 83.4 Å². The maximum atomic E-state index is 5.19. The molecular weight excluding hydrogens is 424 g/mol. The molecule has 160 valence electrons. The van der Waals surface area contributed by atoms with E-state index in [9.17, 15) is 0 Å². The van der Waals surface area contributed by atoms with Crippen LogP contribution >= 0.6 is 11.3 Å². The summed E-state index contributed by atoms with van der Waals surface area (Å²) >= 11 is 1.85. The Morgan fingerprint density at radius 2 is 1.64 bits per heavy atom. The van der Waals surface area contributed by atoms with Crippen molar-refractivity contribution in [2.45, 2.75) is 20.8 Å². The largest absolute Gasteiger partial charge is 0.312 e. The monoisotopic (exact) mass is 447 g/mol. The van der Waals surface area contributed by atoms with Gasteiger partial charge < -0.3 is 0 Å². The van der Waals surface area contributed by atoms with E-state index in [1.807, 2.05) is 11.3 Å². The summed E-state index contributed by atoms with van der Waals surface area (Å²) in [6, 6.07) is 24.1. The maximum Gasteiger partial charge on any atom is 0.312 e. The SMILES string of the molecule is Cc1ccc2c(c1C)n(-c1ccc3sc4ccccc4c3[n+]1C)c1nc3c(C)cccc3n21. The van der Waals surface area contributed by atoms with Gasteiger partial charge in [0.05, 0.1) is 28.3 Å². The van der Waals surface area contributed by atoms with Gasteiger partial charge in [0, 0.05) is 21.7 Å². The van der Waals surface area contributed by atoms with Crippen LogP contribution in [-0.4, -0.2) is 14.0 Å². The predicted octanol–water partition coefficient (Wildman–Crippen LogP) is 6.55. The second-order valence-corrected chi connectivity index (χ2v) is 10.0. The van der Waals surface area contributed by atoms with Crippen molar-refractivity contribution >= 4 is 59.5 Å². The number of nitrogens with zero attached hydrogens (tertiary/aromatic N) is 4. The lowest BCUT2D eigenvalue weighted by molar-refractivity contribution is -0.637. The van der Waals surface area contributed by atoms with Crippen molar-refractivity contribution in [1.29, 1.82) is 0 Å². The molecule has 33 heavy (non-hydrogen) atoms. The normalized spacial score (nSPS) is 12.2. The van der Waals surface area contributed by atoms with Gasteiger partial charge >= 0.3 is 5.78 Å². The minimum atomic E-state index is 0.956. The molecule has 0 unspecified atom stereocenters. The Hall–Kier alpha value is -3.70. The van der Waals surface area contributed by atoms with Gasteiger partial charge in [0.25, 0.3) is 5.82 Å². The van der Waals surface area contributed by atoms with Crippen LogP contribution in [0.2, 0.25) is 0 Å². The highest BCUT2D eigenvalue weighted by Crippen LogP contribution is 2.35. The van der Waals surface area contributed by atoms with E-state index in [4.69, 9.17) is 4.98 Å². The molecule has 0 atom stereocenters. The van der Waals surface area contributed by atoms with E-state index in [-0.39, 0.29) is 0 Å². The number of hydrogen-bond donors (Lipinski definition) is 0. The first-order chi connectivity index (χ1) is 16.0. The molecule has 5 heteroatoms. The smallest absolute Gasteiger partial charge is 0.254 e. The van der Waals surface area contributed by atoms with Crippen molar-refractivity contribution in [3.8, 4) is 5.82 Å². The number of para-hydroxylation sites is 1. The second kappa shape index (κ2) is 6.42. The molecule has 0 bridgehead atoms. The van der Waals surface area contributed by atoms with Gasteiger partial charge in [0.2, 0.25) is 0 Å². The minimum absolute atomic E-state index is 0.956. The van der Waals surface area contributed by atoms with Crippen molar-refractivity contribution < 1.29 is 4.57 Å². The Kier molecular flexibility index (Phi) is 3.67. The van der Waals surface area contributed by atoms with Crippen LogP contribution in [0.1, 0.15) is 16.7 Å². The van der Waals surface area contributed by atoms with Gasteiger partial charge in [-0.1, -0.05) is 30.3 Å². The van der Waals surface area contributed by atoms with Crippen LogP contribution in [0.25, 0.3) is 54.0 Å². The lowest BCUT2D eigenvalue weighted by atomic mass is 10.1. The summed E-state index contributed by atoms with van der Waals surface area (Å²) in [5.74, 6) is 2.07. The number of aromatic nitrogens is 4. The van der Waals surface area contributed by atoms with Crippen LogP contribution in [0.3, 0.4) is 0 Å². The molecule has 0 amide bonds. The van der Waals surface area contributed by atoms with Crippen molar-refractivity contribution in [2.75, 3.05) is 0 Å². The number of pyridine rings is 1. The van der Waals surface area contributed by atoms with Crippen LogP contribution in [0.5, 0.6) is 0 Å². The van der Waals surface area contributed by atoms with Crippen molar-refractivity contribution in [2.24, 2.45) is 7.05 Å². The van der Waals surface area contributed by atoms with E-state index in [0.717, 1.165) is 22.6 Å². The second-order valence-electron chi connectivity index (χ2n) is 8.96. The summed E-state index contributed by atoms with van der Waals surface area (Å²) in [6.45, 7) is 6.55. The van der Waals surface area contributed by atoms with Crippen LogP contribution in [0, 0.1) is 20.8 Å². The number of thiophene rings is 1. The highest BCUT2D eigenvalue weighted by molar-refractivity contribution is 7.25. The van der Waals surface area contributed by atoms with Crippen LogP contribution < -0.4 is 4.57 Å². The molecule has 7 aromatic rings. The Bertz CT molecular complexity index is 1920. The Labute approximate surface area is 195 Å². The molecule has 4 heterocycles. The molecule has 0 fully saturated rings. The first kappa shape index (κ1) is 18.8. The van der Waals surface area contributed by atoms with Gasteiger partial charge in [0.1, 0.15) is 0 Å². The number of fused-ring (bicyclic) bond motifs is 8. The van der Waals surface area contributed by atoms with Gasteiger partial charge in [0.15, 0.2) is 11.0 Å². The van der Waals surface area contributed by atoms with Gasteiger partial charge in [-0.25, -0.2) is 4.57 Å². The lowest BCUT2D eigenvalue weighted by Gasteiger charge is -2.06. The number of hydrogen-bond acceptors (Lipinski definition) is 2. The molecule has 0 saturated heterocycles. The molecular formula is C28H23N4S+. The molecule has 0 radical (unpaired) electrons. The van der Waals surface area contributed by atoms with Gasteiger partial charge in [-0.2, -0.15) is 9.55 Å². The molecule has 0 aliphatic rings. The van der Waals surface area contributed by atoms with E-state index in [1.54, 1.807) is 0 Å². The topological polar surface area (TPSA) is 26.1 Å². The number of aryl methyl sites for hydroxylation is 4. The highest BCUT2D eigenvalue weighted by atomic mass is 32.1. The third kappa shape index (κ3) is 2.35. The molecule has 0 aliphatic carbocycles. The standard InChI is InChI=1S/C28H23N4S/c1-16-12-13-21-26(18(16)3)32(28-29-25-17(2)8-7-10-20(25)31(21)28)24-15-14-23-27(30(24)4)19-9-5-6-11-22(19)33-23/h5-15H,1-4H3/q+1. The molecule has 4 nitrogen and oxygen atoms in total. The minimum Gasteiger partial charge on any atom is -0.254 e. The summed E-state index contributed by atoms with van der Waals surface area (Å²) in [6.07, 6.45) is 0. The summed E-state index contributed by atoms with van der Waals surface area (Å²) in [5, 5.41) is 1.30. The van der Waals surface area contributed by atoms with Crippen molar-refractivity contribution in [1.82, 2.24) is 14.0 Å². The Morgan fingerprint density at radius 1 is 0.788 bits per heavy atom. The van der Waals surface area contributed by atoms with Crippen LogP contribution in [-0.2, 0) is 7.05 Å². The fourth-order valence-electron chi connectivity index (χ4n) is 5.29. The zero-order valence-electron chi connectivity index (χ0n) is 19.0. The maximum absolute atomic E-state index is 5.19. The average molecular weight is 448 g/mol. The average Bonchev–Trinajstić information content (AvgIpc) is 3.47. The molecule has 0 spiro atoms. The molecule has 0 N–H and O–H groups in total. The molecule has 4 aromatic heterocycles. The summed E-state index contributed by atoms with van der Waals surface area (Å²) in [7, 11) is 2.18. The summed E-state index contributed by atoms with van der Waals surface area (Å²) in [5.41, 5.74) is 9.66. The lowest BCUT2D eigenvalue weighted by Crippen LogP contribution is -2.34. The number of rotatable bonds is 1.